The number of amides is 1. The van der Waals surface area contributed by atoms with E-state index in [0.29, 0.717) is 6.42 Å². The number of nitrogen functional groups attached to an aromatic ring is 1. The molecule has 0 unspecified atom stereocenters. The molecule has 0 aliphatic carbocycles. The molecule has 80 valence electrons. The summed E-state index contributed by atoms with van der Waals surface area (Å²) in [6.07, 6.45) is 1.63. The van der Waals surface area contributed by atoms with Gasteiger partial charge < -0.3 is 10.6 Å². The number of anilines is 2. The van der Waals surface area contributed by atoms with E-state index in [1.807, 2.05) is 30.9 Å². The average molecular weight is 204 g/mol. The van der Waals surface area contributed by atoms with Gasteiger partial charge in [0, 0.05) is 24.3 Å². The highest BCUT2D eigenvalue weighted by Gasteiger charge is 2.22. The average Bonchev–Trinajstić information content (AvgIpc) is 2.60. The van der Waals surface area contributed by atoms with Crippen LogP contribution in [0.3, 0.4) is 0 Å². The lowest BCUT2D eigenvalue weighted by Gasteiger charge is -2.18. The minimum atomic E-state index is 0.221. The fourth-order valence-corrected chi connectivity index (χ4v) is 2.03. The number of carbonyl (C=O) groups excluding carboxylic acids is 1. The van der Waals surface area contributed by atoms with E-state index < -0.39 is 0 Å². The summed E-state index contributed by atoms with van der Waals surface area (Å²) in [4.78, 5) is 13.4. The highest BCUT2D eigenvalue weighted by molar-refractivity contribution is 5.95. The third-order valence-corrected chi connectivity index (χ3v) is 2.96. The molecule has 0 saturated carbocycles. The zero-order valence-electron chi connectivity index (χ0n) is 9.21. The number of hydrogen-bond donors (Lipinski definition) is 1. The second-order valence-electron chi connectivity index (χ2n) is 4.14. The van der Waals surface area contributed by atoms with Crippen molar-refractivity contribution < 1.29 is 4.79 Å². The largest absolute Gasteiger partial charge is 0.398 e. The number of carbonyl (C=O) groups is 1. The summed E-state index contributed by atoms with van der Waals surface area (Å²) in [5.74, 6) is 0.221. The molecule has 3 nitrogen and oxygen atoms in total. The number of benzene rings is 1. The predicted octanol–water partition coefficient (Wildman–Crippen LogP) is 2.01. The molecule has 0 spiro atoms. The van der Waals surface area contributed by atoms with Crippen molar-refractivity contribution in [1.82, 2.24) is 0 Å². The van der Waals surface area contributed by atoms with E-state index >= 15 is 0 Å². The Bertz CT molecular complexity index is 389. The first-order chi connectivity index (χ1) is 7.09. The SMILES string of the molecule is Cc1cc(N2CCCC2=O)cc(C)c1N. The second-order valence-corrected chi connectivity index (χ2v) is 4.14. The van der Waals surface area contributed by atoms with Gasteiger partial charge in [0.25, 0.3) is 0 Å². The van der Waals surface area contributed by atoms with Gasteiger partial charge in [-0.15, -0.1) is 0 Å². The maximum atomic E-state index is 11.6. The Morgan fingerprint density at radius 1 is 1.27 bits per heavy atom. The third kappa shape index (κ3) is 1.69. The van der Waals surface area contributed by atoms with E-state index in [2.05, 4.69) is 0 Å². The summed E-state index contributed by atoms with van der Waals surface area (Å²) in [6.45, 7) is 4.79. The van der Waals surface area contributed by atoms with Crippen LogP contribution in [0, 0.1) is 13.8 Å². The fourth-order valence-electron chi connectivity index (χ4n) is 2.03. The molecule has 2 rings (SSSR count). The standard InChI is InChI=1S/C12H16N2O/c1-8-6-10(7-9(2)12(8)13)14-5-3-4-11(14)15/h6-7H,3-5,13H2,1-2H3. The number of rotatable bonds is 1. The van der Waals surface area contributed by atoms with Crippen molar-refractivity contribution in [2.24, 2.45) is 0 Å². The number of nitrogens with two attached hydrogens (primary N) is 1. The van der Waals surface area contributed by atoms with Crippen LogP contribution in [0.4, 0.5) is 11.4 Å². The Hall–Kier alpha value is -1.51. The van der Waals surface area contributed by atoms with Crippen molar-refractivity contribution in [3.05, 3.63) is 23.3 Å². The van der Waals surface area contributed by atoms with Crippen LogP contribution in [0.5, 0.6) is 0 Å². The minimum absolute atomic E-state index is 0.221. The Balaban J connectivity index is 2.41. The summed E-state index contributed by atoms with van der Waals surface area (Å²) < 4.78 is 0. The van der Waals surface area contributed by atoms with Crippen LogP contribution in [0.15, 0.2) is 12.1 Å². The summed E-state index contributed by atoms with van der Waals surface area (Å²) in [7, 11) is 0. The van der Waals surface area contributed by atoms with Crippen LogP contribution < -0.4 is 10.6 Å². The van der Waals surface area contributed by atoms with Crippen LogP contribution in [0.25, 0.3) is 0 Å². The molecule has 1 saturated heterocycles. The first-order valence-electron chi connectivity index (χ1n) is 5.26. The van der Waals surface area contributed by atoms with Gasteiger partial charge >= 0.3 is 0 Å². The molecule has 1 heterocycles. The van der Waals surface area contributed by atoms with E-state index in [-0.39, 0.29) is 5.91 Å². The van der Waals surface area contributed by atoms with E-state index in [4.69, 9.17) is 5.73 Å². The second kappa shape index (κ2) is 3.57. The Labute approximate surface area is 89.9 Å². The molecule has 1 fully saturated rings. The lowest BCUT2D eigenvalue weighted by Crippen LogP contribution is -2.23. The zero-order chi connectivity index (χ0) is 11.0. The molecule has 3 heteroatoms. The van der Waals surface area contributed by atoms with E-state index in [0.717, 1.165) is 35.5 Å². The summed E-state index contributed by atoms with van der Waals surface area (Å²) in [5.41, 5.74) is 9.78. The minimum Gasteiger partial charge on any atom is -0.398 e. The normalized spacial score (nSPS) is 16.1. The summed E-state index contributed by atoms with van der Waals surface area (Å²) >= 11 is 0. The Kier molecular flexibility index (Phi) is 2.39. The fraction of sp³-hybridized carbons (Fsp3) is 0.417. The van der Waals surface area contributed by atoms with Crippen molar-refractivity contribution in [2.45, 2.75) is 26.7 Å². The van der Waals surface area contributed by atoms with Crippen LogP contribution in [-0.2, 0) is 4.79 Å². The molecular weight excluding hydrogens is 188 g/mol. The van der Waals surface area contributed by atoms with Gasteiger partial charge in [0.05, 0.1) is 0 Å². The first kappa shape index (κ1) is 10.0. The molecule has 0 atom stereocenters. The molecule has 1 aliphatic heterocycles. The molecule has 1 aromatic rings. The number of hydrogen-bond acceptors (Lipinski definition) is 2. The third-order valence-electron chi connectivity index (χ3n) is 2.96. The maximum absolute atomic E-state index is 11.6. The monoisotopic (exact) mass is 204 g/mol. The predicted molar refractivity (Wildman–Crippen MR) is 61.9 cm³/mol. The quantitative estimate of drug-likeness (QED) is 0.711. The summed E-state index contributed by atoms with van der Waals surface area (Å²) in [5, 5.41) is 0. The molecule has 0 aromatic heterocycles. The highest BCUT2D eigenvalue weighted by atomic mass is 16.2. The van der Waals surface area contributed by atoms with E-state index in [9.17, 15) is 4.79 Å². The Morgan fingerprint density at radius 2 is 1.87 bits per heavy atom. The van der Waals surface area contributed by atoms with Crippen molar-refractivity contribution in [3.8, 4) is 0 Å². The topological polar surface area (TPSA) is 46.3 Å². The molecule has 0 radical (unpaired) electrons. The molecule has 15 heavy (non-hydrogen) atoms. The van der Waals surface area contributed by atoms with Crippen LogP contribution >= 0.6 is 0 Å². The van der Waals surface area contributed by atoms with Crippen LogP contribution in [0.1, 0.15) is 24.0 Å². The lowest BCUT2D eigenvalue weighted by molar-refractivity contribution is -0.117. The van der Waals surface area contributed by atoms with Crippen molar-refractivity contribution in [3.63, 3.8) is 0 Å². The molecule has 2 N–H and O–H groups in total. The molecule has 0 bridgehead atoms. The van der Waals surface area contributed by atoms with Gasteiger partial charge in [-0.1, -0.05) is 0 Å². The van der Waals surface area contributed by atoms with Crippen molar-refractivity contribution in [2.75, 3.05) is 17.2 Å². The van der Waals surface area contributed by atoms with Crippen molar-refractivity contribution in [1.29, 1.82) is 0 Å². The highest BCUT2D eigenvalue weighted by Crippen LogP contribution is 2.27. The zero-order valence-corrected chi connectivity index (χ0v) is 9.21. The van der Waals surface area contributed by atoms with Crippen LogP contribution in [0.2, 0.25) is 0 Å². The lowest BCUT2D eigenvalue weighted by atomic mass is 10.1. The van der Waals surface area contributed by atoms with Gasteiger partial charge in [0.2, 0.25) is 5.91 Å². The molecular formula is C12H16N2O. The van der Waals surface area contributed by atoms with Gasteiger partial charge in [-0.2, -0.15) is 0 Å². The molecule has 1 aromatic carbocycles. The number of aryl methyl sites for hydroxylation is 2. The van der Waals surface area contributed by atoms with E-state index in [1.54, 1.807) is 0 Å². The number of nitrogens with zero attached hydrogens (tertiary/aromatic N) is 1. The smallest absolute Gasteiger partial charge is 0.227 e. The van der Waals surface area contributed by atoms with Gasteiger partial charge in [-0.3, -0.25) is 4.79 Å². The van der Waals surface area contributed by atoms with Gasteiger partial charge in [-0.05, 0) is 43.5 Å². The van der Waals surface area contributed by atoms with Gasteiger partial charge in [0.1, 0.15) is 0 Å². The summed E-state index contributed by atoms with van der Waals surface area (Å²) in [6, 6.07) is 3.98. The van der Waals surface area contributed by atoms with E-state index in [1.165, 1.54) is 0 Å². The molecule has 1 aliphatic rings. The van der Waals surface area contributed by atoms with Gasteiger partial charge in [-0.25, -0.2) is 0 Å². The van der Waals surface area contributed by atoms with Crippen LogP contribution in [-0.4, -0.2) is 12.5 Å². The Morgan fingerprint density at radius 3 is 2.33 bits per heavy atom. The van der Waals surface area contributed by atoms with Gasteiger partial charge in [0.15, 0.2) is 0 Å². The first-order valence-corrected chi connectivity index (χ1v) is 5.26. The molecule has 1 amide bonds. The van der Waals surface area contributed by atoms with Crippen molar-refractivity contribution >= 4 is 17.3 Å². The maximum Gasteiger partial charge on any atom is 0.227 e.